The van der Waals surface area contributed by atoms with Gasteiger partial charge >= 0.3 is 0 Å². The van der Waals surface area contributed by atoms with Gasteiger partial charge in [0.2, 0.25) is 0 Å². The molecule has 0 bridgehead atoms. The highest BCUT2D eigenvalue weighted by molar-refractivity contribution is 7.11. The lowest BCUT2D eigenvalue weighted by molar-refractivity contribution is 0.279. The van der Waals surface area contributed by atoms with Gasteiger partial charge in [-0.3, -0.25) is 0 Å². The zero-order valence-corrected chi connectivity index (χ0v) is 10.4. The summed E-state index contributed by atoms with van der Waals surface area (Å²) in [6.07, 6.45) is 7.49. The normalized spacial score (nSPS) is 26.8. The van der Waals surface area contributed by atoms with Crippen molar-refractivity contribution in [2.75, 3.05) is 0 Å². The largest absolute Gasteiger partial charge is 0.307 e. The summed E-state index contributed by atoms with van der Waals surface area (Å²) in [5.74, 6) is 0.833. The second-order valence-corrected chi connectivity index (χ2v) is 5.93. The number of hydrogen-bond acceptors (Lipinski definition) is 3. The van der Waals surface area contributed by atoms with E-state index in [1.807, 2.05) is 6.20 Å². The van der Waals surface area contributed by atoms with Gasteiger partial charge in [0, 0.05) is 23.7 Å². The first-order valence-electron chi connectivity index (χ1n) is 5.90. The summed E-state index contributed by atoms with van der Waals surface area (Å²) in [6.45, 7) is 5.43. The fourth-order valence-corrected chi connectivity index (χ4v) is 3.06. The molecule has 0 aromatic carbocycles. The van der Waals surface area contributed by atoms with Gasteiger partial charge in [0.15, 0.2) is 0 Å². The van der Waals surface area contributed by atoms with E-state index in [2.05, 4.69) is 24.1 Å². The number of hydrogen-bond donors (Lipinski definition) is 1. The molecule has 1 aliphatic rings. The van der Waals surface area contributed by atoms with Crippen molar-refractivity contribution < 1.29 is 0 Å². The molecule has 0 spiro atoms. The Kier molecular flexibility index (Phi) is 3.76. The van der Waals surface area contributed by atoms with E-state index in [9.17, 15) is 0 Å². The van der Waals surface area contributed by atoms with Crippen molar-refractivity contribution in [3.8, 4) is 0 Å². The van der Waals surface area contributed by atoms with Crippen LogP contribution in [0.15, 0.2) is 6.20 Å². The van der Waals surface area contributed by atoms with Gasteiger partial charge in [0.25, 0.3) is 0 Å². The lowest BCUT2D eigenvalue weighted by atomic mass is 9.86. The molecule has 3 heteroatoms. The van der Waals surface area contributed by atoms with Crippen molar-refractivity contribution in [2.45, 2.75) is 52.1 Å². The highest BCUT2D eigenvalue weighted by atomic mass is 32.1. The number of aryl methyl sites for hydroxylation is 1. The number of rotatable bonds is 3. The molecule has 2 rings (SSSR count). The molecule has 0 amide bonds. The van der Waals surface area contributed by atoms with Gasteiger partial charge in [0.05, 0.1) is 0 Å². The van der Waals surface area contributed by atoms with Gasteiger partial charge in [-0.2, -0.15) is 0 Å². The van der Waals surface area contributed by atoms with E-state index in [1.165, 1.54) is 35.6 Å². The van der Waals surface area contributed by atoms with Crippen LogP contribution in [0, 0.1) is 12.8 Å². The molecule has 2 atom stereocenters. The monoisotopic (exact) mass is 224 g/mol. The Morgan fingerprint density at radius 3 is 2.93 bits per heavy atom. The molecule has 84 valence electrons. The topological polar surface area (TPSA) is 24.9 Å². The Morgan fingerprint density at radius 2 is 2.27 bits per heavy atom. The first kappa shape index (κ1) is 11.1. The minimum Gasteiger partial charge on any atom is -0.307 e. The third-order valence-electron chi connectivity index (χ3n) is 3.30. The molecular weight excluding hydrogens is 204 g/mol. The van der Waals surface area contributed by atoms with Crippen molar-refractivity contribution in [2.24, 2.45) is 5.92 Å². The van der Waals surface area contributed by atoms with Crippen LogP contribution in [0.1, 0.15) is 42.5 Å². The van der Waals surface area contributed by atoms with E-state index < -0.39 is 0 Å². The van der Waals surface area contributed by atoms with Gasteiger partial charge in [-0.05, 0) is 25.7 Å². The molecule has 2 nitrogen and oxygen atoms in total. The summed E-state index contributed by atoms with van der Waals surface area (Å²) < 4.78 is 0. The molecule has 1 heterocycles. The quantitative estimate of drug-likeness (QED) is 0.853. The molecule has 2 unspecified atom stereocenters. The lowest BCUT2D eigenvalue weighted by Gasteiger charge is -2.29. The summed E-state index contributed by atoms with van der Waals surface area (Å²) in [5, 5.41) is 4.88. The van der Waals surface area contributed by atoms with E-state index >= 15 is 0 Å². The first-order valence-corrected chi connectivity index (χ1v) is 6.72. The van der Waals surface area contributed by atoms with Gasteiger partial charge in [0.1, 0.15) is 5.01 Å². The third-order valence-corrected chi connectivity index (χ3v) is 4.21. The summed E-state index contributed by atoms with van der Waals surface area (Å²) in [5.41, 5.74) is 0. The Hall–Kier alpha value is -0.410. The van der Waals surface area contributed by atoms with Crippen molar-refractivity contribution in [1.29, 1.82) is 0 Å². The minimum atomic E-state index is 0.711. The van der Waals surface area contributed by atoms with Crippen LogP contribution < -0.4 is 5.32 Å². The number of nitrogens with zero attached hydrogens (tertiary/aromatic N) is 1. The maximum absolute atomic E-state index is 4.38. The van der Waals surface area contributed by atoms with Gasteiger partial charge in [-0.1, -0.05) is 19.8 Å². The van der Waals surface area contributed by atoms with Gasteiger partial charge in [-0.15, -0.1) is 11.3 Å². The van der Waals surface area contributed by atoms with Crippen LogP contribution in [0.25, 0.3) is 0 Å². The zero-order valence-electron chi connectivity index (χ0n) is 9.62. The van der Waals surface area contributed by atoms with Crippen molar-refractivity contribution in [3.63, 3.8) is 0 Å². The fourth-order valence-electron chi connectivity index (χ4n) is 2.32. The molecule has 15 heavy (non-hydrogen) atoms. The molecule has 1 aromatic rings. The average Bonchev–Trinajstić information content (AvgIpc) is 2.63. The minimum absolute atomic E-state index is 0.711. The summed E-state index contributed by atoms with van der Waals surface area (Å²) in [4.78, 5) is 5.69. The van der Waals surface area contributed by atoms with Crippen molar-refractivity contribution >= 4 is 11.3 Å². The first-order chi connectivity index (χ1) is 7.25. The SMILES string of the molecule is Cc1cnc(CNC2CCCCC2C)s1. The average molecular weight is 224 g/mol. The van der Waals surface area contributed by atoms with Crippen LogP contribution in [0.5, 0.6) is 0 Å². The van der Waals surface area contributed by atoms with Crippen LogP contribution in [-0.4, -0.2) is 11.0 Å². The highest BCUT2D eigenvalue weighted by Gasteiger charge is 2.20. The van der Waals surface area contributed by atoms with Crippen molar-refractivity contribution in [1.82, 2.24) is 10.3 Å². The van der Waals surface area contributed by atoms with E-state index in [0.717, 1.165) is 12.5 Å². The smallest absolute Gasteiger partial charge is 0.107 e. The highest BCUT2D eigenvalue weighted by Crippen LogP contribution is 2.24. The van der Waals surface area contributed by atoms with Crippen LogP contribution in [0.2, 0.25) is 0 Å². The lowest BCUT2D eigenvalue weighted by Crippen LogP contribution is -2.36. The van der Waals surface area contributed by atoms with Crippen LogP contribution in [0.4, 0.5) is 0 Å². The second-order valence-electron chi connectivity index (χ2n) is 4.61. The summed E-state index contributed by atoms with van der Waals surface area (Å²) in [7, 11) is 0. The Balaban J connectivity index is 1.81. The van der Waals surface area contributed by atoms with E-state index in [-0.39, 0.29) is 0 Å². The van der Waals surface area contributed by atoms with E-state index in [4.69, 9.17) is 0 Å². The molecule has 0 radical (unpaired) electrons. The van der Waals surface area contributed by atoms with E-state index in [1.54, 1.807) is 11.3 Å². The molecule has 1 saturated carbocycles. The molecule has 1 N–H and O–H groups in total. The number of thiazole rings is 1. The fraction of sp³-hybridized carbons (Fsp3) is 0.750. The Bertz CT molecular complexity index is 308. The number of aromatic nitrogens is 1. The van der Waals surface area contributed by atoms with Crippen LogP contribution in [-0.2, 0) is 6.54 Å². The predicted octanol–water partition coefficient (Wildman–Crippen LogP) is 3.12. The summed E-state index contributed by atoms with van der Waals surface area (Å²) in [6, 6.07) is 0.711. The maximum Gasteiger partial charge on any atom is 0.107 e. The third kappa shape index (κ3) is 3.02. The second kappa shape index (κ2) is 5.08. The Morgan fingerprint density at radius 1 is 1.47 bits per heavy atom. The van der Waals surface area contributed by atoms with Gasteiger partial charge in [-0.25, -0.2) is 4.98 Å². The van der Waals surface area contributed by atoms with Crippen LogP contribution >= 0.6 is 11.3 Å². The molecule has 0 aliphatic heterocycles. The molecular formula is C12H20N2S. The molecule has 1 aromatic heterocycles. The van der Waals surface area contributed by atoms with Crippen LogP contribution in [0.3, 0.4) is 0 Å². The summed E-state index contributed by atoms with van der Waals surface area (Å²) >= 11 is 1.80. The Labute approximate surface area is 96.1 Å². The van der Waals surface area contributed by atoms with Gasteiger partial charge < -0.3 is 5.32 Å². The maximum atomic E-state index is 4.38. The zero-order chi connectivity index (χ0) is 10.7. The predicted molar refractivity (Wildman–Crippen MR) is 65.1 cm³/mol. The molecule has 1 fully saturated rings. The van der Waals surface area contributed by atoms with Crippen molar-refractivity contribution in [3.05, 3.63) is 16.1 Å². The molecule has 0 saturated heterocycles. The standard InChI is InChI=1S/C12H20N2S/c1-9-5-3-4-6-11(9)13-8-12-14-7-10(2)15-12/h7,9,11,13H,3-6,8H2,1-2H3. The van der Waals surface area contributed by atoms with E-state index in [0.29, 0.717) is 6.04 Å². The number of nitrogens with one attached hydrogen (secondary N) is 1. The molecule has 1 aliphatic carbocycles.